The summed E-state index contributed by atoms with van der Waals surface area (Å²) in [5.74, 6) is 0.0158. The van der Waals surface area contributed by atoms with Gasteiger partial charge in [-0.3, -0.25) is 9.69 Å². The summed E-state index contributed by atoms with van der Waals surface area (Å²) in [7, 11) is 0. The molecule has 128 valence electrons. The average molecular weight is 347 g/mol. The Labute approximate surface area is 158 Å². The molecule has 0 radical (unpaired) electrons. The van der Waals surface area contributed by atoms with Gasteiger partial charge in [0.2, 0.25) is 0 Å². The van der Waals surface area contributed by atoms with Crippen LogP contribution in [0.3, 0.4) is 0 Å². The van der Waals surface area contributed by atoms with Crippen LogP contribution >= 0.6 is 0 Å². The molecule has 2 heteroatoms. The fourth-order valence-electron chi connectivity index (χ4n) is 3.90. The summed E-state index contributed by atoms with van der Waals surface area (Å²) < 4.78 is 0. The summed E-state index contributed by atoms with van der Waals surface area (Å²) >= 11 is 0. The zero-order valence-electron chi connectivity index (χ0n) is 14.7. The summed E-state index contributed by atoms with van der Waals surface area (Å²) in [6, 6.07) is 28.3. The van der Waals surface area contributed by atoms with Crippen LogP contribution in [0.15, 0.2) is 91.5 Å². The van der Waals surface area contributed by atoms with Crippen molar-refractivity contribution in [3.63, 3.8) is 0 Å². The highest BCUT2D eigenvalue weighted by molar-refractivity contribution is 6.29. The first-order valence-corrected chi connectivity index (χ1v) is 8.96. The summed E-state index contributed by atoms with van der Waals surface area (Å²) in [6.07, 6.45) is 1.80. The third-order valence-electron chi connectivity index (χ3n) is 5.14. The second kappa shape index (κ2) is 5.96. The van der Waals surface area contributed by atoms with Crippen molar-refractivity contribution in [2.45, 2.75) is 0 Å². The summed E-state index contributed by atoms with van der Waals surface area (Å²) in [5, 5.41) is 2.12. The topological polar surface area (TPSA) is 20.3 Å². The Bertz CT molecular complexity index is 1210. The lowest BCUT2D eigenvalue weighted by atomic mass is 9.96. The molecule has 5 rings (SSSR count). The smallest absolute Gasteiger partial charge is 0.263 e. The Kier molecular flexibility index (Phi) is 3.44. The first-order valence-electron chi connectivity index (χ1n) is 8.96. The molecule has 0 fully saturated rings. The van der Waals surface area contributed by atoms with Gasteiger partial charge in [-0.05, 0) is 46.3 Å². The molecule has 0 saturated heterocycles. The van der Waals surface area contributed by atoms with Crippen LogP contribution in [0.4, 0.5) is 11.4 Å². The molecule has 1 aliphatic heterocycles. The molecule has 0 N–H and O–H groups in total. The number of hydrogen-bond acceptors (Lipinski definition) is 1. The number of nitrogens with zero attached hydrogens (tertiary/aromatic N) is 1. The van der Waals surface area contributed by atoms with Crippen molar-refractivity contribution in [3.05, 3.63) is 103 Å². The molecule has 27 heavy (non-hydrogen) atoms. The van der Waals surface area contributed by atoms with Crippen LogP contribution in [0.1, 0.15) is 15.9 Å². The quantitative estimate of drug-likeness (QED) is 0.417. The van der Waals surface area contributed by atoms with E-state index in [-0.39, 0.29) is 5.91 Å². The molecule has 0 bridgehead atoms. The van der Waals surface area contributed by atoms with Crippen molar-refractivity contribution < 1.29 is 4.79 Å². The molecule has 1 heterocycles. The second-order valence-corrected chi connectivity index (χ2v) is 6.67. The van der Waals surface area contributed by atoms with Crippen LogP contribution in [-0.4, -0.2) is 5.91 Å². The normalized spacial score (nSPS) is 12.6. The van der Waals surface area contributed by atoms with Gasteiger partial charge in [-0.25, -0.2) is 0 Å². The first kappa shape index (κ1) is 15.6. The third-order valence-corrected chi connectivity index (χ3v) is 5.14. The lowest BCUT2D eigenvalue weighted by molar-refractivity contribution is 0.100. The van der Waals surface area contributed by atoms with E-state index in [0.717, 1.165) is 44.4 Å². The van der Waals surface area contributed by atoms with E-state index in [4.69, 9.17) is 0 Å². The Morgan fingerprint density at radius 1 is 0.778 bits per heavy atom. The van der Waals surface area contributed by atoms with Crippen molar-refractivity contribution in [1.29, 1.82) is 0 Å². The molecule has 4 aromatic carbocycles. The molecular formula is C25H17NO. The van der Waals surface area contributed by atoms with Gasteiger partial charge in [-0.15, -0.1) is 0 Å². The molecule has 0 unspecified atom stereocenters. The molecule has 4 aromatic rings. The predicted molar refractivity (Wildman–Crippen MR) is 112 cm³/mol. The minimum absolute atomic E-state index is 0.0158. The van der Waals surface area contributed by atoms with Crippen LogP contribution < -0.4 is 4.90 Å². The monoisotopic (exact) mass is 347 g/mol. The Balaban J connectivity index is 1.77. The molecule has 0 spiro atoms. The van der Waals surface area contributed by atoms with E-state index < -0.39 is 0 Å². The highest BCUT2D eigenvalue weighted by atomic mass is 16.2. The molecule has 0 saturated carbocycles. The van der Waals surface area contributed by atoms with Gasteiger partial charge in [0.15, 0.2) is 0 Å². The molecule has 0 aromatic heterocycles. The van der Waals surface area contributed by atoms with E-state index >= 15 is 0 Å². The second-order valence-electron chi connectivity index (χ2n) is 6.67. The highest BCUT2D eigenvalue weighted by Crippen LogP contribution is 2.44. The van der Waals surface area contributed by atoms with Gasteiger partial charge < -0.3 is 0 Å². The minimum atomic E-state index is 0.0158. The lowest BCUT2D eigenvalue weighted by Gasteiger charge is -2.19. The Morgan fingerprint density at radius 3 is 2.41 bits per heavy atom. The fraction of sp³-hybridized carbons (Fsp3) is 0. The van der Waals surface area contributed by atoms with E-state index in [1.54, 1.807) is 11.0 Å². The summed E-state index contributed by atoms with van der Waals surface area (Å²) in [5.41, 5.74) is 5.85. The van der Waals surface area contributed by atoms with Crippen molar-refractivity contribution in [2.24, 2.45) is 0 Å². The molecular weight excluding hydrogens is 330 g/mol. The molecule has 1 aliphatic rings. The molecule has 0 atom stereocenters. The number of anilines is 2. The van der Waals surface area contributed by atoms with E-state index in [9.17, 15) is 4.79 Å². The zero-order chi connectivity index (χ0) is 18.4. The molecule has 2 nitrogen and oxygen atoms in total. The summed E-state index contributed by atoms with van der Waals surface area (Å²) in [6.45, 7) is 3.84. The number of carbonyl (C=O) groups is 1. The van der Waals surface area contributed by atoms with Crippen LogP contribution in [0.25, 0.3) is 28.0 Å². The lowest BCUT2D eigenvalue weighted by Crippen LogP contribution is -2.20. The maximum atomic E-state index is 13.2. The van der Waals surface area contributed by atoms with Gasteiger partial charge in [-0.2, -0.15) is 0 Å². The van der Waals surface area contributed by atoms with Crippen molar-refractivity contribution in [2.75, 3.05) is 4.90 Å². The first-order chi connectivity index (χ1) is 13.3. The van der Waals surface area contributed by atoms with Gasteiger partial charge in [-0.1, -0.05) is 73.3 Å². The maximum Gasteiger partial charge on any atom is 0.263 e. The SMILES string of the molecule is C=Cc1cccc(N2C(=O)c3cccc4c(-c5ccccc5)ccc2c34)c1. The van der Waals surface area contributed by atoms with E-state index in [2.05, 4.69) is 36.9 Å². The van der Waals surface area contributed by atoms with Gasteiger partial charge >= 0.3 is 0 Å². The van der Waals surface area contributed by atoms with E-state index in [1.807, 2.05) is 54.6 Å². The summed E-state index contributed by atoms with van der Waals surface area (Å²) in [4.78, 5) is 15.0. The van der Waals surface area contributed by atoms with Crippen molar-refractivity contribution >= 4 is 34.1 Å². The largest absolute Gasteiger partial charge is 0.276 e. The Morgan fingerprint density at radius 2 is 1.59 bits per heavy atom. The number of carbonyl (C=O) groups excluding carboxylic acids is 1. The highest BCUT2D eigenvalue weighted by Gasteiger charge is 2.31. The fourth-order valence-corrected chi connectivity index (χ4v) is 3.90. The van der Waals surface area contributed by atoms with Gasteiger partial charge in [0.25, 0.3) is 5.91 Å². The van der Waals surface area contributed by atoms with Crippen LogP contribution in [-0.2, 0) is 0 Å². The molecule has 1 amide bonds. The third kappa shape index (κ3) is 2.31. The number of rotatable bonds is 3. The molecule has 0 aliphatic carbocycles. The van der Waals surface area contributed by atoms with Crippen LogP contribution in [0.5, 0.6) is 0 Å². The van der Waals surface area contributed by atoms with Crippen LogP contribution in [0, 0.1) is 0 Å². The Hall–Kier alpha value is -3.65. The van der Waals surface area contributed by atoms with Gasteiger partial charge in [0.05, 0.1) is 11.3 Å². The van der Waals surface area contributed by atoms with Crippen molar-refractivity contribution in [1.82, 2.24) is 0 Å². The predicted octanol–water partition coefficient (Wildman–Crippen LogP) is 6.44. The minimum Gasteiger partial charge on any atom is -0.276 e. The standard InChI is InChI=1S/C25H17NO/c1-2-17-8-6-11-19(16-17)26-23-15-14-20(18-9-4-3-5-10-18)21-12-7-13-22(24(21)23)25(26)27/h2-16H,1H2. The zero-order valence-corrected chi connectivity index (χ0v) is 14.7. The number of benzene rings is 4. The van der Waals surface area contributed by atoms with E-state index in [1.165, 1.54) is 0 Å². The number of hydrogen-bond donors (Lipinski definition) is 0. The van der Waals surface area contributed by atoms with Gasteiger partial charge in [0.1, 0.15) is 0 Å². The maximum absolute atomic E-state index is 13.2. The van der Waals surface area contributed by atoms with Crippen LogP contribution in [0.2, 0.25) is 0 Å². The van der Waals surface area contributed by atoms with E-state index in [0.29, 0.717) is 0 Å². The van der Waals surface area contributed by atoms with Crippen molar-refractivity contribution in [3.8, 4) is 11.1 Å². The number of amides is 1. The average Bonchev–Trinajstić information content (AvgIpc) is 3.02. The van der Waals surface area contributed by atoms with Gasteiger partial charge in [0, 0.05) is 11.1 Å².